The molecule has 0 aliphatic heterocycles. The van der Waals surface area contributed by atoms with Crippen LogP contribution in [0.15, 0.2) is 28.7 Å². The molecule has 0 aliphatic rings. The number of rotatable bonds is 7. The Labute approximate surface area is 163 Å². The number of carbonyl (C=O) groups excluding carboxylic acids is 2. The molecule has 1 heterocycles. The molecule has 2 rings (SSSR count). The highest BCUT2D eigenvalue weighted by molar-refractivity contribution is 5.77. The number of nitrogens with zero attached hydrogens (tertiary/aromatic N) is 2. The molecule has 28 heavy (non-hydrogen) atoms. The van der Waals surface area contributed by atoms with E-state index in [4.69, 9.17) is 13.9 Å². The van der Waals surface area contributed by atoms with E-state index in [0.717, 1.165) is 11.3 Å². The molecule has 1 unspecified atom stereocenters. The average Bonchev–Trinajstić information content (AvgIpc) is 3.08. The number of carbonyl (C=O) groups is 2. The number of nitrogens with one attached hydrogen (secondary N) is 2. The molecule has 9 heteroatoms. The van der Waals surface area contributed by atoms with Gasteiger partial charge in [0, 0.05) is 13.5 Å². The van der Waals surface area contributed by atoms with Crippen LogP contribution < -0.4 is 15.4 Å². The van der Waals surface area contributed by atoms with Crippen LogP contribution in [0, 0.1) is 0 Å². The molecule has 1 aromatic carbocycles. The highest BCUT2D eigenvalue weighted by Crippen LogP contribution is 2.21. The Morgan fingerprint density at radius 1 is 1.18 bits per heavy atom. The summed E-state index contributed by atoms with van der Waals surface area (Å²) in [6.07, 6.45) is -0.243. The van der Waals surface area contributed by atoms with Crippen molar-refractivity contribution in [2.75, 3.05) is 14.2 Å². The molecule has 2 aromatic rings. The number of hydrogen-bond donors (Lipinski definition) is 2. The van der Waals surface area contributed by atoms with Crippen molar-refractivity contribution in [2.24, 2.45) is 0 Å². The molecular formula is C19H26N4O5. The zero-order valence-electron chi connectivity index (χ0n) is 16.7. The molecule has 0 fully saturated rings. The summed E-state index contributed by atoms with van der Waals surface area (Å²) in [5.41, 5.74) is 0.279. The van der Waals surface area contributed by atoms with Gasteiger partial charge in [-0.2, -0.15) is 0 Å². The average molecular weight is 390 g/mol. The molecule has 0 spiro atoms. The maximum Gasteiger partial charge on any atom is 0.408 e. The zero-order chi connectivity index (χ0) is 20.7. The highest BCUT2D eigenvalue weighted by Gasteiger charge is 2.25. The quantitative estimate of drug-likeness (QED) is 0.744. The predicted octanol–water partition coefficient (Wildman–Crippen LogP) is 2.18. The monoisotopic (exact) mass is 390 g/mol. The first-order valence-corrected chi connectivity index (χ1v) is 8.85. The van der Waals surface area contributed by atoms with Crippen LogP contribution in [0.2, 0.25) is 0 Å². The lowest BCUT2D eigenvalue weighted by Gasteiger charge is -2.22. The first kappa shape index (κ1) is 21.2. The number of methoxy groups -OCH3 is 1. The molecule has 0 aliphatic carbocycles. The molecule has 0 radical (unpaired) electrons. The maximum absolute atomic E-state index is 12.3. The third-order valence-electron chi connectivity index (χ3n) is 3.66. The predicted molar refractivity (Wildman–Crippen MR) is 101 cm³/mol. The van der Waals surface area contributed by atoms with Gasteiger partial charge in [0.2, 0.25) is 17.7 Å². The van der Waals surface area contributed by atoms with Crippen molar-refractivity contribution in [1.82, 2.24) is 20.8 Å². The Morgan fingerprint density at radius 3 is 2.43 bits per heavy atom. The summed E-state index contributed by atoms with van der Waals surface area (Å²) in [6, 6.07) is 6.79. The number of ether oxygens (including phenoxy) is 2. The van der Waals surface area contributed by atoms with Gasteiger partial charge in [-0.15, -0.1) is 10.2 Å². The Bertz CT molecular complexity index is 795. The highest BCUT2D eigenvalue weighted by atomic mass is 16.6. The molecule has 2 N–H and O–H groups in total. The van der Waals surface area contributed by atoms with Gasteiger partial charge in [0.05, 0.1) is 7.11 Å². The smallest absolute Gasteiger partial charge is 0.408 e. The second-order valence-electron chi connectivity index (χ2n) is 7.14. The molecule has 2 amide bonds. The number of amides is 2. The van der Waals surface area contributed by atoms with Gasteiger partial charge in [-0.05, 0) is 38.5 Å². The summed E-state index contributed by atoms with van der Waals surface area (Å²) in [5.74, 6) is 0.841. The molecular weight excluding hydrogens is 364 g/mol. The van der Waals surface area contributed by atoms with E-state index in [1.807, 2.05) is 24.3 Å². The first-order chi connectivity index (χ1) is 13.2. The summed E-state index contributed by atoms with van der Waals surface area (Å²) in [6.45, 7) is 5.33. The van der Waals surface area contributed by atoms with Crippen molar-refractivity contribution in [2.45, 2.75) is 45.3 Å². The summed E-state index contributed by atoms with van der Waals surface area (Å²) < 4.78 is 16.1. The van der Waals surface area contributed by atoms with Gasteiger partial charge in [-0.25, -0.2) is 4.79 Å². The Kier molecular flexibility index (Phi) is 6.97. The molecule has 1 atom stereocenters. The lowest BCUT2D eigenvalue weighted by Crippen LogP contribution is -2.36. The zero-order valence-corrected chi connectivity index (χ0v) is 16.7. The van der Waals surface area contributed by atoms with Crippen LogP contribution in [0.1, 0.15) is 44.2 Å². The van der Waals surface area contributed by atoms with Gasteiger partial charge >= 0.3 is 6.09 Å². The van der Waals surface area contributed by atoms with E-state index in [9.17, 15) is 9.59 Å². The fourth-order valence-electron chi connectivity index (χ4n) is 2.35. The second-order valence-corrected chi connectivity index (χ2v) is 7.14. The van der Waals surface area contributed by atoms with Crippen molar-refractivity contribution in [3.8, 4) is 5.75 Å². The molecule has 0 saturated heterocycles. The van der Waals surface area contributed by atoms with E-state index >= 15 is 0 Å². The van der Waals surface area contributed by atoms with Gasteiger partial charge in [-0.3, -0.25) is 4.79 Å². The Balaban J connectivity index is 2.19. The van der Waals surface area contributed by atoms with Gasteiger partial charge in [-0.1, -0.05) is 12.1 Å². The minimum atomic E-state index is -0.645. The minimum absolute atomic E-state index is 0.0365. The molecule has 9 nitrogen and oxygen atoms in total. The Hall–Kier alpha value is -3.10. The van der Waals surface area contributed by atoms with Crippen molar-refractivity contribution < 1.29 is 23.5 Å². The number of alkyl carbamates (subject to hydrolysis) is 1. The van der Waals surface area contributed by atoms with Crippen LogP contribution in [0.3, 0.4) is 0 Å². The van der Waals surface area contributed by atoms with Gasteiger partial charge in [0.15, 0.2) is 0 Å². The lowest BCUT2D eigenvalue weighted by atomic mass is 10.1. The topological polar surface area (TPSA) is 116 Å². The van der Waals surface area contributed by atoms with Gasteiger partial charge in [0.1, 0.15) is 23.8 Å². The fraction of sp³-hybridized carbons (Fsp3) is 0.474. The van der Waals surface area contributed by atoms with Crippen molar-refractivity contribution in [3.63, 3.8) is 0 Å². The van der Waals surface area contributed by atoms with Crippen molar-refractivity contribution >= 4 is 12.0 Å². The SMILES string of the molecule is CNC(=O)Cc1nnc(C(Cc2ccc(OC)cc2)NC(=O)OC(C)(C)C)o1. The van der Waals surface area contributed by atoms with Crippen LogP contribution in [0.25, 0.3) is 0 Å². The third kappa shape index (κ3) is 6.57. The third-order valence-corrected chi connectivity index (χ3v) is 3.66. The molecule has 0 saturated carbocycles. The van der Waals surface area contributed by atoms with Crippen molar-refractivity contribution in [3.05, 3.63) is 41.6 Å². The van der Waals surface area contributed by atoms with Crippen molar-refractivity contribution in [1.29, 1.82) is 0 Å². The number of likely N-dealkylation sites (N-methyl/N-ethyl adjacent to an activating group) is 1. The van der Waals surface area contributed by atoms with E-state index in [-0.39, 0.29) is 24.1 Å². The first-order valence-electron chi connectivity index (χ1n) is 8.85. The van der Waals surface area contributed by atoms with E-state index in [1.54, 1.807) is 27.9 Å². The van der Waals surface area contributed by atoms with Crippen LogP contribution in [-0.4, -0.2) is 42.0 Å². The van der Waals surface area contributed by atoms with Gasteiger partial charge < -0.3 is 24.5 Å². The molecule has 0 bridgehead atoms. The van der Waals surface area contributed by atoms with E-state index < -0.39 is 17.7 Å². The molecule has 1 aromatic heterocycles. The van der Waals surface area contributed by atoms with E-state index in [1.165, 1.54) is 7.05 Å². The largest absolute Gasteiger partial charge is 0.497 e. The fourth-order valence-corrected chi connectivity index (χ4v) is 2.35. The van der Waals surface area contributed by atoms with Crippen LogP contribution >= 0.6 is 0 Å². The van der Waals surface area contributed by atoms with Crippen LogP contribution in [-0.2, 0) is 22.4 Å². The van der Waals surface area contributed by atoms with E-state index in [2.05, 4.69) is 20.8 Å². The summed E-state index contributed by atoms with van der Waals surface area (Å²) >= 11 is 0. The summed E-state index contributed by atoms with van der Waals surface area (Å²) in [7, 11) is 3.12. The summed E-state index contributed by atoms with van der Waals surface area (Å²) in [4.78, 5) is 23.8. The van der Waals surface area contributed by atoms with Crippen LogP contribution in [0.5, 0.6) is 5.75 Å². The lowest BCUT2D eigenvalue weighted by molar-refractivity contribution is -0.120. The van der Waals surface area contributed by atoms with Gasteiger partial charge in [0.25, 0.3) is 0 Å². The standard InChI is InChI=1S/C19H26N4O5/c1-19(2,3)28-18(25)21-14(10-12-6-8-13(26-5)9-7-12)17-23-22-16(27-17)11-15(24)20-4/h6-9,14H,10-11H2,1-5H3,(H,20,24)(H,21,25). The molecule has 152 valence electrons. The second kappa shape index (κ2) is 9.20. The number of aromatic nitrogens is 2. The summed E-state index contributed by atoms with van der Waals surface area (Å²) in [5, 5.41) is 13.1. The normalized spacial score (nSPS) is 12.2. The number of benzene rings is 1. The minimum Gasteiger partial charge on any atom is -0.497 e. The maximum atomic E-state index is 12.3. The Morgan fingerprint density at radius 2 is 1.86 bits per heavy atom. The van der Waals surface area contributed by atoms with Crippen LogP contribution in [0.4, 0.5) is 4.79 Å². The number of hydrogen-bond acceptors (Lipinski definition) is 7. The van der Waals surface area contributed by atoms with E-state index in [0.29, 0.717) is 6.42 Å².